The molecule has 0 radical (unpaired) electrons. The fourth-order valence-electron chi connectivity index (χ4n) is 5.19. The summed E-state index contributed by atoms with van der Waals surface area (Å²) < 4.78 is 79.1. The molecule has 1 fully saturated rings. The summed E-state index contributed by atoms with van der Waals surface area (Å²) in [7, 11) is -1.90. The molecule has 254 valence electrons. The van der Waals surface area contributed by atoms with Crippen molar-refractivity contribution < 1.29 is 36.3 Å². The van der Waals surface area contributed by atoms with Crippen molar-refractivity contribution in [2.75, 3.05) is 13.7 Å². The molecule has 2 aromatic carbocycles. The molecule has 3 aromatic rings. The topological polar surface area (TPSA) is 107 Å². The molecule has 15 heteroatoms. The Labute approximate surface area is 279 Å². The number of hydrogen-bond acceptors (Lipinski definition) is 7. The molecule has 2 atom stereocenters. The Morgan fingerprint density at radius 3 is 2.28 bits per heavy atom. The van der Waals surface area contributed by atoms with E-state index in [-0.39, 0.29) is 38.2 Å². The van der Waals surface area contributed by atoms with Gasteiger partial charge in [0.2, 0.25) is 0 Å². The minimum atomic E-state index is -4.96. The molecule has 0 aliphatic carbocycles. The first-order valence-corrected chi connectivity index (χ1v) is 18.4. The predicted octanol–water partition coefficient (Wildman–Crippen LogP) is 8.17. The number of likely N-dealkylation sites (tertiary alicyclic amines) is 1. The van der Waals surface area contributed by atoms with Crippen LogP contribution in [0.3, 0.4) is 0 Å². The summed E-state index contributed by atoms with van der Waals surface area (Å²) in [5, 5.41) is 8.86. The SMILES string of the molecule is COc1ccc(-n2c([C@@H]3C[C@@](O[Si](C)(C)C(C)(C)C)(C(F)(F)F)CN3C(=O)OC(C)(C)C)nc3c(Br)cc(C#N)cc3c2=O)cc1F. The van der Waals surface area contributed by atoms with Gasteiger partial charge in [-0.05, 0) is 79.1 Å². The van der Waals surface area contributed by atoms with E-state index in [1.165, 1.54) is 31.4 Å². The van der Waals surface area contributed by atoms with Crippen LogP contribution in [-0.4, -0.2) is 59.9 Å². The summed E-state index contributed by atoms with van der Waals surface area (Å²) in [4.78, 5) is 33.6. The van der Waals surface area contributed by atoms with E-state index in [0.717, 1.165) is 15.5 Å². The molecular weight excluding hydrogens is 704 g/mol. The number of nitrogens with zero attached hydrogens (tertiary/aromatic N) is 4. The summed E-state index contributed by atoms with van der Waals surface area (Å²) in [5.74, 6) is -1.27. The van der Waals surface area contributed by atoms with Gasteiger partial charge in [-0.1, -0.05) is 20.8 Å². The molecule has 0 N–H and O–H groups in total. The maximum Gasteiger partial charge on any atom is 0.418 e. The van der Waals surface area contributed by atoms with Gasteiger partial charge in [0.05, 0.1) is 47.9 Å². The molecule has 4 rings (SSSR count). The number of methoxy groups -OCH3 is 1. The van der Waals surface area contributed by atoms with Gasteiger partial charge in [-0.15, -0.1) is 0 Å². The molecule has 1 aliphatic heterocycles. The molecule has 2 heterocycles. The zero-order valence-corrected chi connectivity index (χ0v) is 30.2. The highest BCUT2D eigenvalue weighted by Gasteiger charge is 2.66. The number of carbonyl (C=O) groups is 1. The van der Waals surface area contributed by atoms with E-state index in [4.69, 9.17) is 13.9 Å². The van der Waals surface area contributed by atoms with Crippen molar-refractivity contribution >= 4 is 41.2 Å². The van der Waals surface area contributed by atoms with E-state index in [1.54, 1.807) is 54.6 Å². The van der Waals surface area contributed by atoms with Crippen LogP contribution in [0, 0.1) is 17.1 Å². The van der Waals surface area contributed by atoms with Crippen LogP contribution in [0.1, 0.15) is 65.4 Å². The van der Waals surface area contributed by atoms with E-state index in [9.17, 15) is 14.9 Å². The third-order valence-corrected chi connectivity index (χ3v) is 13.6. The maximum absolute atomic E-state index is 15.4. The maximum atomic E-state index is 15.4. The van der Waals surface area contributed by atoms with Crippen LogP contribution in [0.15, 0.2) is 39.6 Å². The predicted molar refractivity (Wildman–Crippen MR) is 174 cm³/mol. The number of aromatic nitrogens is 2. The number of benzene rings is 2. The Balaban J connectivity index is 2.10. The minimum Gasteiger partial charge on any atom is -0.494 e. The van der Waals surface area contributed by atoms with E-state index < -0.39 is 67.2 Å². The standard InChI is InChI=1S/C32H37BrF4N4O5Si/c1-29(2,3)45-28(43)40-17-31(32(35,36)37,46-47(8,9)30(4,5)6)15-23(40)26-39-25-20(12-18(16-38)13-21(25)33)27(42)41(26)19-10-11-24(44-7)22(34)14-19/h10-14,23H,15,17H2,1-9H3/t23-,31-/m0/s1. The first kappa shape index (κ1) is 36.4. The highest BCUT2D eigenvalue weighted by molar-refractivity contribution is 9.10. The molecule has 1 saturated heterocycles. The number of amides is 1. The van der Waals surface area contributed by atoms with Crippen LogP contribution in [0.2, 0.25) is 18.1 Å². The molecule has 1 amide bonds. The zero-order valence-electron chi connectivity index (χ0n) is 27.6. The lowest BCUT2D eigenvalue weighted by molar-refractivity contribution is -0.247. The Hall–Kier alpha value is -3.48. The first-order valence-electron chi connectivity index (χ1n) is 14.7. The van der Waals surface area contributed by atoms with Crippen molar-refractivity contribution in [2.45, 2.75) is 89.5 Å². The summed E-state index contributed by atoms with van der Waals surface area (Å²) in [6, 6.07) is 6.72. The number of rotatable bonds is 5. The fraction of sp³-hybridized carbons (Fsp3) is 0.500. The number of hydrogen-bond donors (Lipinski definition) is 0. The quantitative estimate of drug-likeness (QED) is 0.192. The first-order chi connectivity index (χ1) is 21.4. The van der Waals surface area contributed by atoms with Gasteiger partial charge < -0.3 is 13.9 Å². The molecule has 1 aromatic heterocycles. The average molecular weight is 742 g/mol. The third kappa shape index (κ3) is 6.91. The third-order valence-electron chi connectivity index (χ3n) is 8.50. The van der Waals surface area contributed by atoms with Crippen molar-refractivity contribution in [3.05, 3.63) is 62.4 Å². The highest BCUT2D eigenvalue weighted by atomic mass is 79.9. The Kier molecular flexibility index (Phi) is 9.43. The highest BCUT2D eigenvalue weighted by Crippen LogP contribution is 2.52. The fourth-order valence-corrected chi connectivity index (χ4v) is 7.29. The number of carbonyl (C=O) groups excluding carboxylic acids is 1. The van der Waals surface area contributed by atoms with Crippen LogP contribution in [0.25, 0.3) is 16.6 Å². The van der Waals surface area contributed by atoms with Crippen LogP contribution in [0.4, 0.5) is 22.4 Å². The van der Waals surface area contributed by atoms with Crippen LogP contribution in [-0.2, 0) is 9.16 Å². The Morgan fingerprint density at radius 1 is 1.13 bits per heavy atom. The lowest BCUT2D eigenvalue weighted by atomic mass is 9.99. The molecular formula is C32H37BrF4N4O5Si. The monoisotopic (exact) mass is 740 g/mol. The zero-order chi connectivity index (χ0) is 35.5. The molecule has 0 spiro atoms. The second-order valence-electron chi connectivity index (χ2n) is 14.1. The minimum absolute atomic E-state index is 0.0354. The molecule has 0 saturated carbocycles. The number of alkyl halides is 3. The lowest BCUT2D eigenvalue weighted by Gasteiger charge is -2.44. The molecule has 47 heavy (non-hydrogen) atoms. The number of fused-ring (bicyclic) bond motifs is 1. The summed E-state index contributed by atoms with van der Waals surface area (Å²) in [6.07, 6.45) is -6.87. The van der Waals surface area contributed by atoms with Gasteiger partial charge in [0.1, 0.15) is 11.4 Å². The van der Waals surface area contributed by atoms with Crippen molar-refractivity contribution in [3.63, 3.8) is 0 Å². The number of ether oxygens (including phenoxy) is 2. The van der Waals surface area contributed by atoms with Gasteiger partial charge in [0.15, 0.2) is 25.5 Å². The van der Waals surface area contributed by atoms with Crippen molar-refractivity contribution in [3.8, 4) is 17.5 Å². The van der Waals surface area contributed by atoms with Crippen molar-refractivity contribution in [1.82, 2.24) is 14.5 Å². The smallest absolute Gasteiger partial charge is 0.418 e. The van der Waals surface area contributed by atoms with Gasteiger partial charge in [-0.25, -0.2) is 14.2 Å². The Morgan fingerprint density at radius 2 is 1.77 bits per heavy atom. The van der Waals surface area contributed by atoms with Crippen molar-refractivity contribution in [2.24, 2.45) is 0 Å². The lowest BCUT2D eigenvalue weighted by Crippen LogP contribution is -2.58. The van der Waals surface area contributed by atoms with Gasteiger partial charge in [-0.2, -0.15) is 18.4 Å². The van der Waals surface area contributed by atoms with Gasteiger partial charge in [-0.3, -0.25) is 14.3 Å². The molecule has 1 aliphatic rings. The van der Waals surface area contributed by atoms with Gasteiger partial charge >= 0.3 is 12.3 Å². The largest absolute Gasteiger partial charge is 0.494 e. The summed E-state index contributed by atoms with van der Waals surface area (Å²) in [6.45, 7) is 12.6. The van der Waals surface area contributed by atoms with Gasteiger partial charge in [0, 0.05) is 17.0 Å². The van der Waals surface area contributed by atoms with Crippen LogP contribution in [0.5, 0.6) is 5.75 Å². The molecule has 0 unspecified atom stereocenters. The van der Waals surface area contributed by atoms with E-state index in [1.807, 2.05) is 6.07 Å². The second-order valence-corrected chi connectivity index (χ2v) is 19.7. The summed E-state index contributed by atoms with van der Waals surface area (Å²) in [5.41, 5.74) is -4.69. The van der Waals surface area contributed by atoms with E-state index in [0.29, 0.717) is 0 Å². The van der Waals surface area contributed by atoms with Crippen LogP contribution >= 0.6 is 15.9 Å². The van der Waals surface area contributed by atoms with Crippen molar-refractivity contribution in [1.29, 1.82) is 5.26 Å². The van der Waals surface area contributed by atoms with E-state index in [2.05, 4.69) is 20.9 Å². The normalized spacial score (nSPS) is 19.2. The number of nitriles is 1. The second kappa shape index (κ2) is 12.2. The molecule has 0 bridgehead atoms. The molecule has 9 nitrogen and oxygen atoms in total. The van der Waals surface area contributed by atoms with Crippen LogP contribution < -0.4 is 10.3 Å². The number of halogens is 5. The Bertz CT molecular complexity index is 1830. The average Bonchev–Trinajstić information content (AvgIpc) is 3.32. The van der Waals surface area contributed by atoms with Gasteiger partial charge in [0.25, 0.3) is 5.56 Å². The van der Waals surface area contributed by atoms with E-state index >= 15 is 17.6 Å². The summed E-state index contributed by atoms with van der Waals surface area (Å²) >= 11 is 3.33.